The lowest BCUT2D eigenvalue weighted by atomic mass is 9.99. The van der Waals surface area contributed by atoms with E-state index in [1.165, 1.54) is 186 Å². The summed E-state index contributed by atoms with van der Waals surface area (Å²) in [6.45, 7) is 14.3. The van der Waals surface area contributed by atoms with Gasteiger partial charge >= 0.3 is 39.5 Å². The van der Waals surface area contributed by atoms with Crippen molar-refractivity contribution in [3.05, 3.63) is 0 Å². The SMILES string of the molecule is CCC(C)CCCCCCCCCCCCCCCCC(=O)O[C@H](COC(=O)CCCCCCCCC(C)CC)COP(=O)(O)OC[C@H](O)COP(=O)(O)OC[C@@H](COC(=O)CCCCCCCCCCCCC(C)CC)OC(=O)CCCCCCCCCCCCCC(C)C. The molecule has 0 aromatic heterocycles. The number of unbranched alkanes of at least 4 members (excludes halogenated alkanes) is 37. The standard InChI is InChI=1S/C77H150O17P2/c1-9-68(6)54-46-38-30-24-18-14-12-13-15-19-27-33-43-51-59-76(81)94-73(64-88-75(80)58-50-42-36-35-40-48-56-70(8)11-3)66-92-96(85,86)90-62-71(78)61-89-95(83,84)91-65-72(93-77(82)60-52-44-34-28-20-16-17-23-29-37-45-53-67(4)5)63-87-74(79)57-49-41-32-26-22-21-25-31-39-47-55-69(7)10-2/h67-73,78H,9-66H2,1-8H3,(H,83,84)(H,85,86)/t68?,69?,70?,71-,72-,73-/m1/s1. The number of esters is 4. The summed E-state index contributed by atoms with van der Waals surface area (Å²) in [7, 11) is -9.92. The number of aliphatic hydroxyl groups excluding tert-OH is 1. The first-order chi connectivity index (χ1) is 46.2. The predicted molar refractivity (Wildman–Crippen MR) is 391 cm³/mol. The lowest BCUT2D eigenvalue weighted by molar-refractivity contribution is -0.161. The van der Waals surface area contributed by atoms with Crippen molar-refractivity contribution in [2.75, 3.05) is 39.6 Å². The monoisotopic (exact) mass is 1410 g/mol. The molecule has 0 saturated heterocycles. The summed E-state index contributed by atoms with van der Waals surface area (Å²) in [5.41, 5.74) is 0. The second-order valence-corrected chi connectivity index (χ2v) is 31.9. The van der Waals surface area contributed by atoms with E-state index in [9.17, 15) is 43.2 Å². The quantitative estimate of drug-likeness (QED) is 0.0222. The molecule has 0 aliphatic carbocycles. The summed E-state index contributed by atoms with van der Waals surface area (Å²) in [5.74, 6) is 1.03. The van der Waals surface area contributed by atoms with Crippen LogP contribution in [0, 0.1) is 23.7 Å². The lowest BCUT2D eigenvalue weighted by Crippen LogP contribution is -2.30. The zero-order chi connectivity index (χ0) is 71.0. The molecule has 0 spiro atoms. The van der Waals surface area contributed by atoms with Crippen LogP contribution in [0.25, 0.3) is 0 Å². The van der Waals surface area contributed by atoms with Crippen molar-refractivity contribution in [2.45, 2.75) is 408 Å². The molecule has 96 heavy (non-hydrogen) atoms. The molecule has 0 aromatic carbocycles. The predicted octanol–water partition coefficient (Wildman–Crippen LogP) is 22.4. The Balaban J connectivity index is 5.25. The molecule has 570 valence electrons. The molecule has 0 aromatic rings. The minimum absolute atomic E-state index is 0.106. The van der Waals surface area contributed by atoms with Crippen LogP contribution in [0.15, 0.2) is 0 Å². The van der Waals surface area contributed by atoms with Crippen molar-refractivity contribution < 1.29 is 80.2 Å². The van der Waals surface area contributed by atoms with Gasteiger partial charge in [-0.25, -0.2) is 9.13 Å². The van der Waals surface area contributed by atoms with Gasteiger partial charge in [0.05, 0.1) is 26.4 Å². The summed E-state index contributed by atoms with van der Waals surface area (Å²) >= 11 is 0. The molecule has 0 aliphatic rings. The maximum absolute atomic E-state index is 13.1. The topological polar surface area (TPSA) is 237 Å². The van der Waals surface area contributed by atoms with Gasteiger partial charge in [-0.15, -0.1) is 0 Å². The number of phosphoric acid groups is 2. The van der Waals surface area contributed by atoms with Gasteiger partial charge in [-0.1, -0.05) is 338 Å². The fraction of sp³-hybridized carbons (Fsp3) is 0.948. The number of hydrogen-bond donors (Lipinski definition) is 3. The molecule has 8 atom stereocenters. The maximum Gasteiger partial charge on any atom is 0.472 e. The summed E-state index contributed by atoms with van der Waals surface area (Å²) in [6.07, 6.45) is 51.2. The number of ether oxygens (including phenoxy) is 4. The van der Waals surface area contributed by atoms with Gasteiger partial charge in [-0.05, 0) is 49.4 Å². The van der Waals surface area contributed by atoms with Crippen LogP contribution in [-0.2, 0) is 65.4 Å². The minimum atomic E-state index is -4.96. The van der Waals surface area contributed by atoms with Crippen molar-refractivity contribution in [3.63, 3.8) is 0 Å². The van der Waals surface area contributed by atoms with Crippen LogP contribution in [0.5, 0.6) is 0 Å². The third-order valence-electron chi connectivity index (χ3n) is 18.9. The van der Waals surface area contributed by atoms with E-state index in [0.29, 0.717) is 25.7 Å². The van der Waals surface area contributed by atoms with Gasteiger partial charge in [0.15, 0.2) is 12.2 Å². The molecule has 0 fully saturated rings. The highest BCUT2D eigenvalue weighted by Crippen LogP contribution is 2.45. The Morgan fingerprint density at radius 2 is 0.500 bits per heavy atom. The van der Waals surface area contributed by atoms with Gasteiger partial charge in [0, 0.05) is 25.7 Å². The van der Waals surface area contributed by atoms with Crippen molar-refractivity contribution in [3.8, 4) is 0 Å². The number of aliphatic hydroxyl groups is 1. The molecule has 0 saturated carbocycles. The van der Waals surface area contributed by atoms with Crippen LogP contribution in [0.4, 0.5) is 0 Å². The van der Waals surface area contributed by atoms with Crippen LogP contribution in [0.3, 0.4) is 0 Å². The Hall–Kier alpha value is -1.94. The first-order valence-electron chi connectivity index (χ1n) is 39.8. The van der Waals surface area contributed by atoms with Gasteiger partial charge < -0.3 is 33.8 Å². The molecule has 17 nitrogen and oxygen atoms in total. The maximum atomic E-state index is 13.1. The molecule has 0 aliphatic heterocycles. The highest BCUT2D eigenvalue weighted by molar-refractivity contribution is 7.47. The van der Waals surface area contributed by atoms with E-state index in [2.05, 4.69) is 55.4 Å². The number of carbonyl (C=O) groups is 4. The Bertz CT molecular complexity index is 1890. The second-order valence-electron chi connectivity index (χ2n) is 28.9. The Morgan fingerprint density at radius 1 is 0.292 bits per heavy atom. The van der Waals surface area contributed by atoms with Crippen molar-refractivity contribution in [2.24, 2.45) is 23.7 Å². The first-order valence-corrected chi connectivity index (χ1v) is 42.8. The fourth-order valence-electron chi connectivity index (χ4n) is 11.6. The van der Waals surface area contributed by atoms with Gasteiger partial charge in [-0.2, -0.15) is 0 Å². The first kappa shape index (κ1) is 94.1. The number of hydrogen-bond acceptors (Lipinski definition) is 15. The summed E-state index contributed by atoms with van der Waals surface area (Å²) in [4.78, 5) is 72.9. The van der Waals surface area contributed by atoms with Crippen LogP contribution in [0.2, 0.25) is 0 Å². The number of carbonyl (C=O) groups excluding carboxylic acids is 4. The number of rotatable bonds is 74. The molecule has 0 bridgehead atoms. The normalized spacial score (nSPS) is 15.0. The van der Waals surface area contributed by atoms with E-state index < -0.39 is 97.5 Å². The highest BCUT2D eigenvalue weighted by atomic mass is 31.2. The van der Waals surface area contributed by atoms with Crippen LogP contribution < -0.4 is 0 Å². The van der Waals surface area contributed by atoms with Crippen LogP contribution in [-0.4, -0.2) is 96.7 Å². The van der Waals surface area contributed by atoms with E-state index in [4.69, 9.17) is 37.0 Å². The second kappa shape index (κ2) is 66.3. The molecule has 0 heterocycles. The van der Waals surface area contributed by atoms with Gasteiger partial charge in [0.1, 0.15) is 19.3 Å². The van der Waals surface area contributed by atoms with Crippen molar-refractivity contribution in [1.82, 2.24) is 0 Å². The van der Waals surface area contributed by atoms with Gasteiger partial charge in [0.2, 0.25) is 0 Å². The van der Waals surface area contributed by atoms with E-state index >= 15 is 0 Å². The lowest BCUT2D eigenvalue weighted by Gasteiger charge is -2.21. The van der Waals surface area contributed by atoms with Gasteiger partial charge in [0.25, 0.3) is 0 Å². The summed E-state index contributed by atoms with van der Waals surface area (Å²) in [5, 5.41) is 10.6. The molecular weight excluding hydrogens is 1260 g/mol. The van der Waals surface area contributed by atoms with E-state index in [1.54, 1.807) is 0 Å². The molecular formula is C77H150O17P2. The minimum Gasteiger partial charge on any atom is -0.462 e. The zero-order valence-corrected chi connectivity index (χ0v) is 64.8. The Kier molecular flexibility index (Phi) is 65.0. The molecule has 19 heteroatoms. The van der Waals surface area contributed by atoms with Crippen LogP contribution in [0.1, 0.15) is 389 Å². The van der Waals surface area contributed by atoms with E-state index in [0.717, 1.165) is 120 Å². The largest absolute Gasteiger partial charge is 0.472 e. The third kappa shape index (κ3) is 66.6. The molecule has 5 unspecified atom stereocenters. The van der Waals surface area contributed by atoms with E-state index in [-0.39, 0.29) is 25.7 Å². The Morgan fingerprint density at radius 3 is 0.740 bits per heavy atom. The van der Waals surface area contributed by atoms with Crippen LogP contribution >= 0.6 is 15.6 Å². The zero-order valence-electron chi connectivity index (χ0n) is 63.0. The average Bonchev–Trinajstić information content (AvgIpc) is 1.25. The van der Waals surface area contributed by atoms with E-state index in [1.807, 2.05) is 0 Å². The molecule has 0 rings (SSSR count). The van der Waals surface area contributed by atoms with Crippen molar-refractivity contribution in [1.29, 1.82) is 0 Å². The number of phosphoric ester groups is 2. The Labute approximate surface area is 588 Å². The smallest absolute Gasteiger partial charge is 0.462 e. The molecule has 0 radical (unpaired) electrons. The van der Waals surface area contributed by atoms with Gasteiger partial charge in [-0.3, -0.25) is 37.3 Å². The highest BCUT2D eigenvalue weighted by Gasteiger charge is 2.30. The third-order valence-corrected chi connectivity index (χ3v) is 20.8. The van der Waals surface area contributed by atoms with Crippen molar-refractivity contribution >= 4 is 39.5 Å². The fourth-order valence-corrected chi connectivity index (χ4v) is 13.2. The summed E-state index contributed by atoms with van der Waals surface area (Å²) < 4.78 is 68.6. The molecule has 3 N–H and O–H groups in total. The molecule has 0 amide bonds. The average molecular weight is 1410 g/mol. The summed E-state index contributed by atoms with van der Waals surface area (Å²) in [6, 6.07) is 0.